The Morgan fingerprint density at radius 1 is 1.00 bits per heavy atom. The van der Waals surface area contributed by atoms with Crippen LogP contribution < -0.4 is 10.5 Å². The van der Waals surface area contributed by atoms with Gasteiger partial charge in [-0.3, -0.25) is 14.7 Å². The van der Waals surface area contributed by atoms with E-state index in [-0.39, 0.29) is 5.56 Å². The number of aromatic nitrogens is 4. The van der Waals surface area contributed by atoms with Crippen LogP contribution in [0.15, 0.2) is 59.9 Å². The quantitative estimate of drug-likeness (QED) is 0.702. The van der Waals surface area contributed by atoms with Crippen molar-refractivity contribution in [2.75, 3.05) is 31.1 Å². The summed E-state index contributed by atoms with van der Waals surface area (Å²) >= 11 is 0. The largest absolute Gasteiger partial charge is 0.338 e. The second-order valence-electron chi connectivity index (χ2n) is 6.73. The molecule has 27 heavy (non-hydrogen) atoms. The molecule has 1 aliphatic heterocycles. The molecule has 0 bridgehead atoms. The Morgan fingerprint density at radius 3 is 2.52 bits per heavy atom. The number of hydrogen-bond acceptors (Lipinski definition) is 6. The van der Waals surface area contributed by atoms with Crippen LogP contribution in [0.1, 0.15) is 5.56 Å². The minimum atomic E-state index is 0.0347. The van der Waals surface area contributed by atoms with Crippen LogP contribution in [0.25, 0.3) is 11.3 Å². The monoisotopic (exact) mass is 362 g/mol. The molecule has 4 heterocycles. The average molecular weight is 362 g/mol. The Morgan fingerprint density at radius 2 is 1.78 bits per heavy atom. The Balaban J connectivity index is 1.40. The van der Waals surface area contributed by atoms with Crippen LogP contribution in [0.4, 0.5) is 5.95 Å². The molecule has 0 aliphatic carbocycles. The second-order valence-corrected chi connectivity index (χ2v) is 6.73. The summed E-state index contributed by atoms with van der Waals surface area (Å²) in [6.07, 6.45) is 7.18. The van der Waals surface area contributed by atoms with Crippen molar-refractivity contribution in [2.45, 2.75) is 6.54 Å². The smallest absolute Gasteiger partial charge is 0.250 e. The van der Waals surface area contributed by atoms with Gasteiger partial charge in [-0.25, -0.2) is 9.97 Å². The maximum atomic E-state index is 11.8. The van der Waals surface area contributed by atoms with E-state index in [2.05, 4.69) is 19.8 Å². The number of anilines is 1. The first-order valence-electron chi connectivity index (χ1n) is 9.05. The minimum Gasteiger partial charge on any atom is -0.338 e. The Hall–Kier alpha value is -3.06. The van der Waals surface area contributed by atoms with Gasteiger partial charge in [-0.1, -0.05) is 0 Å². The van der Waals surface area contributed by atoms with Crippen molar-refractivity contribution in [3.05, 3.63) is 71.0 Å². The Kier molecular flexibility index (Phi) is 4.93. The highest BCUT2D eigenvalue weighted by molar-refractivity contribution is 5.59. The summed E-state index contributed by atoms with van der Waals surface area (Å²) in [5.74, 6) is 0.762. The summed E-state index contributed by atoms with van der Waals surface area (Å²) in [4.78, 5) is 29.6. The molecule has 0 radical (unpaired) electrons. The van der Waals surface area contributed by atoms with Crippen molar-refractivity contribution in [1.29, 1.82) is 0 Å². The molecule has 1 saturated heterocycles. The van der Waals surface area contributed by atoms with Crippen molar-refractivity contribution in [3.8, 4) is 11.3 Å². The Labute approximate surface area is 157 Å². The SMILES string of the molecule is Cn1ccc(CN2CCN(c3nccc(-c4ccncc4)n3)CC2)cc1=O. The first-order valence-corrected chi connectivity index (χ1v) is 9.05. The summed E-state index contributed by atoms with van der Waals surface area (Å²) in [6.45, 7) is 4.35. The van der Waals surface area contributed by atoms with E-state index in [0.717, 1.165) is 55.5 Å². The lowest BCUT2D eigenvalue weighted by Gasteiger charge is -2.34. The third-order valence-electron chi connectivity index (χ3n) is 4.85. The molecule has 7 nitrogen and oxygen atoms in total. The van der Waals surface area contributed by atoms with Crippen molar-refractivity contribution in [2.24, 2.45) is 7.05 Å². The lowest BCUT2D eigenvalue weighted by atomic mass is 10.2. The third kappa shape index (κ3) is 4.03. The van der Waals surface area contributed by atoms with E-state index in [4.69, 9.17) is 4.98 Å². The van der Waals surface area contributed by atoms with E-state index < -0.39 is 0 Å². The van der Waals surface area contributed by atoms with Crippen LogP contribution in [0.5, 0.6) is 0 Å². The number of nitrogens with zero attached hydrogens (tertiary/aromatic N) is 6. The molecule has 3 aromatic heterocycles. The zero-order chi connectivity index (χ0) is 18.6. The summed E-state index contributed by atoms with van der Waals surface area (Å²) < 4.78 is 1.59. The van der Waals surface area contributed by atoms with Crippen molar-refractivity contribution >= 4 is 5.95 Å². The van der Waals surface area contributed by atoms with Crippen molar-refractivity contribution < 1.29 is 0 Å². The summed E-state index contributed by atoms with van der Waals surface area (Å²) in [7, 11) is 1.77. The molecule has 0 saturated carbocycles. The molecule has 7 heteroatoms. The highest BCUT2D eigenvalue weighted by Crippen LogP contribution is 2.19. The highest BCUT2D eigenvalue weighted by Gasteiger charge is 2.19. The lowest BCUT2D eigenvalue weighted by molar-refractivity contribution is 0.248. The van der Waals surface area contributed by atoms with E-state index in [1.165, 1.54) is 0 Å². The van der Waals surface area contributed by atoms with Gasteiger partial charge in [0.2, 0.25) is 5.95 Å². The van der Waals surface area contributed by atoms with Crippen LogP contribution in [0, 0.1) is 0 Å². The minimum absolute atomic E-state index is 0.0347. The van der Waals surface area contributed by atoms with Crippen molar-refractivity contribution in [1.82, 2.24) is 24.4 Å². The topological polar surface area (TPSA) is 67.2 Å². The average Bonchev–Trinajstić information content (AvgIpc) is 2.72. The van der Waals surface area contributed by atoms with Gasteiger partial charge in [0.15, 0.2) is 0 Å². The molecular formula is C20H22N6O. The number of hydrogen-bond donors (Lipinski definition) is 0. The lowest BCUT2D eigenvalue weighted by Crippen LogP contribution is -2.46. The number of rotatable bonds is 4. The molecule has 0 aromatic carbocycles. The van der Waals surface area contributed by atoms with Gasteiger partial charge in [-0.05, 0) is 29.8 Å². The van der Waals surface area contributed by atoms with Gasteiger partial charge in [-0.15, -0.1) is 0 Å². The van der Waals surface area contributed by atoms with Gasteiger partial charge in [0.1, 0.15) is 0 Å². The van der Waals surface area contributed by atoms with Crippen LogP contribution in [-0.4, -0.2) is 50.6 Å². The van der Waals surface area contributed by atoms with Crippen LogP contribution in [0.3, 0.4) is 0 Å². The molecule has 0 N–H and O–H groups in total. The molecule has 138 valence electrons. The van der Waals surface area contributed by atoms with E-state index in [1.807, 2.05) is 36.7 Å². The number of aryl methyl sites for hydroxylation is 1. The molecule has 0 atom stereocenters. The fourth-order valence-electron chi connectivity index (χ4n) is 3.24. The highest BCUT2D eigenvalue weighted by atomic mass is 16.1. The molecular weight excluding hydrogens is 340 g/mol. The first kappa shape index (κ1) is 17.4. The zero-order valence-electron chi connectivity index (χ0n) is 15.3. The van der Waals surface area contributed by atoms with Crippen LogP contribution in [0.2, 0.25) is 0 Å². The predicted molar refractivity (Wildman–Crippen MR) is 104 cm³/mol. The number of piperazine rings is 1. The van der Waals surface area contributed by atoms with E-state index >= 15 is 0 Å². The molecule has 4 rings (SSSR count). The number of pyridine rings is 2. The van der Waals surface area contributed by atoms with Gasteiger partial charge in [-0.2, -0.15) is 0 Å². The molecule has 1 aliphatic rings. The van der Waals surface area contributed by atoms with Crippen LogP contribution >= 0.6 is 0 Å². The molecule has 3 aromatic rings. The second kappa shape index (κ2) is 7.67. The van der Waals surface area contributed by atoms with Gasteiger partial charge in [0.05, 0.1) is 5.69 Å². The van der Waals surface area contributed by atoms with E-state index in [0.29, 0.717) is 0 Å². The normalized spacial score (nSPS) is 15.1. The summed E-state index contributed by atoms with van der Waals surface area (Å²) in [5.41, 5.74) is 3.04. The summed E-state index contributed by atoms with van der Waals surface area (Å²) in [6, 6.07) is 9.55. The maximum absolute atomic E-state index is 11.8. The standard InChI is InChI=1S/C20H22N6O/c1-24-9-5-16(14-19(24)27)15-25-10-12-26(13-11-25)20-22-8-4-18(23-20)17-2-6-21-7-3-17/h2-9,14H,10-13,15H2,1H3. The van der Waals surface area contributed by atoms with Crippen LogP contribution in [-0.2, 0) is 13.6 Å². The van der Waals surface area contributed by atoms with Crippen molar-refractivity contribution in [3.63, 3.8) is 0 Å². The molecule has 0 spiro atoms. The van der Waals surface area contributed by atoms with Gasteiger partial charge in [0.25, 0.3) is 5.56 Å². The Bertz CT molecular complexity index is 963. The summed E-state index contributed by atoms with van der Waals surface area (Å²) in [5, 5.41) is 0. The first-order chi connectivity index (χ1) is 13.2. The third-order valence-corrected chi connectivity index (χ3v) is 4.85. The molecule has 0 unspecified atom stereocenters. The van der Waals surface area contributed by atoms with E-state index in [1.54, 1.807) is 30.1 Å². The zero-order valence-corrected chi connectivity index (χ0v) is 15.3. The fourth-order valence-corrected chi connectivity index (χ4v) is 3.24. The van der Waals surface area contributed by atoms with Gasteiger partial charge >= 0.3 is 0 Å². The molecule has 0 amide bonds. The van der Waals surface area contributed by atoms with E-state index in [9.17, 15) is 4.79 Å². The predicted octanol–water partition coefficient (Wildman–Crippen LogP) is 1.56. The van der Waals surface area contributed by atoms with Gasteiger partial charge in [0, 0.05) is 76.2 Å². The maximum Gasteiger partial charge on any atom is 0.250 e. The van der Waals surface area contributed by atoms with Gasteiger partial charge < -0.3 is 9.47 Å². The molecule has 1 fully saturated rings. The fraction of sp³-hybridized carbons (Fsp3) is 0.300.